The summed E-state index contributed by atoms with van der Waals surface area (Å²) in [5.74, 6) is -1.34. The number of halogens is 2. The molecular weight excluding hydrogens is 360 g/mol. The van der Waals surface area contributed by atoms with Crippen molar-refractivity contribution in [1.29, 1.82) is 0 Å². The summed E-state index contributed by atoms with van der Waals surface area (Å²) in [5, 5.41) is 11.9. The van der Waals surface area contributed by atoms with Crippen molar-refractivity contribution >= 4 is 11.9 Å². The predicted octanol–water partition coefficient (Wildman–Crippen LogP) is 3.47. The number of carboxylic acids is 1. The second kappa shape index (κ2) is 8.48. The van der Waals surface area contributed by atoms with Crippen LogP contribution in [0, 0.1) is 13.8 Å². The van der Waals surface area contributed by atoms with Gasteiger partial charge in [-0.15, -0.1) is 0 Å². The molecule has 2 aromatic carbocycles. The van der Waals surface area contributed by atoms with Crippen LogP contribution in [0.5, 0.6) is 11.5 Å². The van der Waals surface area contributed by atoms with E-state index in [4.69, 9.17) is 4.74 Å². The molecule has 0 bridgehead atoms. The van der Waals surface area contributed by atoms with E-state index < -0.39 is 24.5 Å². The second-order valence-electron chi connectivity index (χ2n) is 5.84. The highest BCUT2D eigenvalue weighted by atomic mass is 19.3. The van der Waals surface area contributed by atoms with Gasteiger partial charge in [0.1, 0.15) is 11.5 Å². The number of rotatable bonds is 7. The molecule has 27 heavy (non-hydrogen) atoms. The Morgan fingerprint density at radius 2 is 1.63 bits per heavy atom. The lowest BCUT2D eigenvalue weighted by molar-refractivity contribution is -0.139. The molecule has 0 fully saturated rings. The summed E-state index contributed by atoms with van der Waals surface area (Å²) >= 11 is 0. The van der Waals surface area contributed by atoms with E-state index in [0.717, 1.165) is 0 Å². The molecule has 0 radical (unpaired) electrons. The maximum absolute atomic E-state index is 12.5. The highest BCUT2D eigenvalue weighted by Gasteiger charge is 2.24. The Morgan fingerprint density at radius 1 is 1.07 bits per heavy atom. The molecule has 6 nitrogen and oxygen atoms in total. The SMILES string of the molecule is COc1ccc(C(NC(=O)c2cc(C)c(OC(F)F)c(C)c2)C(=O)O)cc1. The number of hydrogen-bond acceptors (Lipinski definition) is 4. The molecule has 0 heterocycles. The van der Waals surface area contributed by atoms with Gasteiger partial charge < -0.3 is 19.9 Å². The number of alkyl halides is 2. The van der Waals surface area contributed by atoms with E-state index in [1.165, 1.54) is 45.2 Å². The van der Waals surface area contributed by atoms with Gasteiger partial charge in [0.05, 0.1) is 7.11 Å². The van der Waals surface area contributed by atoms with Crippen LogP contribution in [-0.4, -0.2) is 30.7 Å². The Balaban J connectivity index is 2.26. The van der Waals surface area contributed by atoms with Gasteiger partial charge in [-0.2, -0.15) is 8.78 Å². The summed E-state index contributed by atoms with van der Waals surface area (Å²) in [5.41, 5.74) is 1.20. The molecule has 0 aliphatic rings. The smallest absolute Gasteiger partial charge is 0.387 e. The van der Waals surface area contributed by atoms with Gasteiger partial charge in [-0.1, -0.05) is 12.1 Å². The van der Waals surface area contributed by atoms with Crippen LogP contribution in [0.15, 0.2) is 36.4 Å². The van der Waals surface area contributed by atoms with Crippen molar-refractivity contribution in [3.8, 4) is 11.5 Å². The zero-order valence-electron chi connectivity index (χ0n) is 15.0. The van der Waals surface area contributed by atoms with E-state index >= 15 is 0 Å². The zero-order chi connectivity index (χ0) is 20.1. The van der Waals surface area contributed by atoms with Crippen LogP contribution in [0.3, 0.4) is 0 Å². The minimum absolute atomic E-state index is 0.00788. The van der Waals surface area contributed by atoms with Crippen molar-refractivity contribution in [2.45, 2.75) is 26.5 Å². The lowest BCUT2D eigenvalue weighted by Crippen LogP contribution is -2.33. The van der Waals surface area contributed by atoms with Gasteiger partial charge in [-0.3, -0.25) is 4.79 Å². The minimum Gasteiger partial charge on any atom is -0.497 e. The highest BCUT2D eigenvalue weighted by molar-refractivity contribution is 5.97. The van der Waals surface area contributed by atoms with Crippen molar-refractivity contribution in [2.75, 3.05) is 7.11 Å². The van der Waals surface area contributed by atoms with E-state index in [2.05, 4.69) is 10.1 Å². The molecule has 0 aliphatic carbocycles. The summed E-state index contributed by atoms with van der Waals surface area (Å²) in [6, 6.07) is 7.70. The van der Waals surface area contributed by atoms with Crippen molar-refractivity contribution < 1.29 is 33.0 Å². The number of carboxylic acid groups (broad SMARTS) is 1. The quantitative estimate of drug-likeness (QED) is 0.770. The van der Waals surface area contributed by atoms with E-state index in [1.807, 2.05) is 0 Å². The molecule has 1 amide bonds. The van der Waals surface area contributed by atoms with Gasteiger partial charge in [0, 0.05) is 5.56 Å². The van der Waals surface area contributed by atoms with Crippen LogP contribution in [0.4, 0.5) is 8.78 Å². The van der Waals surface area contributed by atoms with E-state index in [-0.39, 0.29) is 11.3 Å². The average molecular weight is 379 g/mol. The van der Waals surface area contributed by atoms with Crippen molar-refractivity contribution in [3.05, 3.63) is 58.7 Å². The third kappa shape index (κ3) is 4.93. The summed E-state index contributed by atoms with van der Waals surface area (Å²) in [4.78, 5) is 24.1. The first-order valence-corrected chi connectivity index (χ1v) is 7.96. The molecule has 0 saturated heterocycles. The molecule has 2 rings (SSSR count). The third-order valence-corrected chi connectivity index (χ3v) is 3.90. The van der Waals surface area contributed by atoms with Gasteiger partial charge in [-0.05, 0) is 54.8 Å². The molecule has 144 valence electrons. The fraction of sp³-hybridized carbons (Fsp3) is 0.263. The molecule has 0 saturated carbocycles. The molecule has 0 aromatic heterocycles. The Kier molecular flexibility index (Phi) is 6.33. The van der Waals surface area contributed by atoms with Crippen LogP contribution < -0.4 is 14.8 Å². The first-order valence-electron chi connectivity index (χ1n) is 7.96. The zero-order valence-corrected chi connectivity index (χ0v) is 15.0. The molecule has 1 atom stereocenters. The number of ether oxygens (including phenoxy) is 2. The second-order valence-corrected chi connectivity index (χ2v) is 5.84. The Morgan fingerprint density at radius 3 is 2.07 bits per heavy atom. The number of methoxy groups -OCH3 is 1. The van der Waals surface area contributed by atoms with E-state index in [9.17, 15) is 23.5 Å². The number of carbonyl (C=O) groups is 2. The molecule has 0 aliphatic heterocycles. The summed E-state index contributed by atoms with van der Waals surface area (Å²) in [6.07, 6.45) is 0. The predicted molar refractivity (Wildman–Crippen MR) is 93.4 cm³/mol. The lowest BCUT2D eigenvalue weighted by Gasteiger charge is -2.17. The van der Waals surface area contributed by atoms with E-state index in [1.54, 1.807) is 12.1 Å². The van der Waals surface area contributed by atoms with Crippen molar-refractivity contribution in [1.82, 2.24) is 5.32 Å². The first-order chi connectivity index (χ1) is 12.7. The number of carbonyl (C=O) groups excluding carboxylic acids is 1. The molecule has 2 N–H and O–H groups in total. The highest BCUT2D eigenvalue weighted by Crippen LogP contribution is 2.27. The summed E-state index contributed by atoms with van der Waals surface area (Å²) < 4.78 is 34.4. The van der Waals surface area contributed by atoms with Crippen LogP contribution in [0.1, 0.15) is 33.1 Å². The van der Waals surface area contributed by atoms with Gasteiger partial charge in [0.25, 0.3) is 5.91 Å². The van der Waals surface area contributed by atoms with Crippen LogP contribution in [0.2, 0.25) is 0 Å². The Bertz CT molecular complexity index is 813. The average Bonchev–Trinajstić information content (AvgIpc) is 2.62. The standard InChI is InChI=1S/C19H19F2NO5/c1-10-8-13(9-11(2)16(10)27-19(20)21)17(23)22-15(18(24)25)12-4-6-14(26-3)7-5-12/h4-9,15,19H,1-3H3,(H,22,23)(H,24,25). The molecule has 0 spiro atoms. The first kappa shape index (κ1) is 20.2. The van der Waals surface area contributed by atoms with Gasteiger partial charge in [0.2, 0.25) is 0 Å². The fourth-order valence-corrected chi connectivity index (χ4v) is 2.65. The fourth-order valence-electron chi connectivity index (χ4n) is 2.65. The largest absolute Gasteiger partial charge is 0.497 e. The maximum Gasteiger partial charge on any atom is 0.387 e. The number of nitrogens with one attached hydrogen (secondary N) is 1. The number of amides is 1. The molecular formula is C19H19F2NO5. The molecule has 8 heteroatoms. The number of aryl methyl sites for hydroxylation is 2. The monoisotopic (exact) mass is 379 g/mol. The van der Waals surface area contributed by atoms with Crippen molar-refractivity contribution in [3.63, 3.8) is 0 Å². The van der Waals surface area contributed by atoms with Crippen LogP contribution in [0.25, 0.3) is 0 Å². The third-order valence-electron chi connectivity index (χ3n) is 3.90. The Hall–Kier alpha value is -3.16. The van der Waals surface area contributed by atoms with Crippen molar-refractivity contribution in [2.24, 2.45) is 0 Å². The van der Waals surface area contributed by atoms with Gasteiger partial charge >= 0.3 is 12.6 Å². The molecule has 1 unspecified atom stereocenters. The Labute approximate surface area is 154 Å². The van der Waals surface area contributed by atoms with Gasteiger partial charge in [-0.25, -0.2) is 4.79 Å². The minimum atomic E-state index is -2.98. The lowest BCUT2D eigenvalue weighted by atomic mass is 10.0. The van der Waals surface area contributed by atoms with Gasteiger partial charge in [0.15, 0.2) is 6.04 Å². The van der Waals surface area contributed by atoms with Crippen LogP contribution in [-0.2, 0) is 4.79 Å². The summed E-state index contributed by atoms with van der Waals surface area (Å²) in [7, 11) is 1.48. The molecule has 2 aromatic rings. The number of aliphatic carboxylic acids is 1. The topological polar surface area (TPSA) is 84.9 Å². The normalized spacial score (nSPS) is 11.8. The number of hydrogen-bond donors (Lipinski definition) is 2. The number of benzene rings is 2. The van der Waals surface area contributed by atoms with E-state index in [0.29, 0.717) is 22.4 Å². The van der Waals surface area contributed by atoms with Crippen LogP contribution >= 0.6 is 0 Å². The maximum atomic E-state index is 12.5. The summed E-state index contributed by atoms with van der Waals surface area (Å²) in [6.45, 7) is 0.0766.